The van der Waals surface area contributed by atoms with Gasteiger partial charge >= 0.3 is 0 Å². The maximum atomic E-state index is 12.5. The molecular formula is C21H21N3O4S. The van der Waals surface area contributed by atoms with Crippen molar-refractivity contribution in [3.8, 4) is 11.5 Å². The van der Waals surface area contributed by atoms with Crippen LogP contribution in [0.4, 0.5) is 5.69 Å². The van der Waals surface area contributed by atoms with Gasteiger partial charge in [-0.3, -0.25) is 9.52 Å². The molecular weight excluding hydrogens is 390 g/mol. The highest BCUT2D eigenvalue weighted by molar-refractivity contribution is 7.92. The Bertz CT molecular complexity index is 1120. The second kappa shape index (κ2) is 7.71. The van der Waals surface area contributed by atoms with E-state index >= 15 is 0 Å². The molecule has 2 N–H and O–H groups in total. The Balaban J connectivity index is 1.43. The van der Waals surface area contributed by atoms with Crippen molar-refractivity contribution in [2.45, 2.75) is 24.7 Å². The molecule has 0 aliphatic heterocycles. The molecule has 0 spiro atoms. The number of anilines is 1. The third-order valence-electron chi connectivity index (χ3n) is 4.70. The number of carbonyl (C=O) groups excluding carboxylic acids is 1. The number of nitrogens with one attached hydrogen (secondary N) is 2. The first-order chi connectivity index (χ1) is 13.9. The third kappa shape index (κ3) is 4.65. The summed E-state index contributed by atoms with van der Waals surface area (Å²) in [5.74, 6) is 0.630. The number of sulfonamides is 1. The van der Waals surface area contributed by atoms with Crippen molar-refractivity contribution in [1.29, 1.82) is 0 Å². The van der Waals surface area contributed by atoms with Gasteiger partial charge in [0.2, 0.25) is 5.89 Å². The second-order valence-electron chi connectivity index (χ2n) is 7.19. The van der Waals surface area contributed by atoms with Crippen LogP contribution in [0.15, 0.2) is 64.1 Å². The van der Waals surface area contributed by atoms with Crippen LogP contribution < -0.4 is 10.0 Å². The van der Waals surface area contributed by atoms with Gasteiger partial charge in [-0.05, 0) is 62.1 Å². The smallest absolute Gasteiger partial charge is 0.273 e. The van der Waals surface area contributed by atoms with Crippen molar-refractivity contribution >= 4 is 21.6 Å². The van der Waals surface area contributed by atoms with Gasteiger partial charge in [0.05, 0.1) is 4.90 Å². The van der Waals surface area contributed by atoms with Crippen molar-refractivity contribution in [1.82, 2.24) is 10.3 Å². The number of benzene rings is 2. The van der Waals surface area contributed by atoms with Gasteiger partial charge in [-0.2, -0.15) is 0 Å². The van der Waals surface area contributed by atoms with E-state index in [0.717, 1.165) is 18.4 Å². The molecule has 150 valence electrons. The topological polar surface area (TPSA) is 101 Å². The Morgan fingerprint density at radius 2 is 1.79 bits per heavy atom. The fraction of sp³-hybridized carbons (Fsp3) is 0.238. The number of aryl methyl sites for hydroxylation is 1. The van der Waals surface area contributed by atoms with Crippen molar-refractivity contribution < 1.29 is 17.6 Å². The maximum Gasteiger partial charge on any atom is 0.273 e. The van der Waals surface area contributed by atoms with Crippen LogP contribution in [0.5, 0.6) is 0 Å². The van der Waals surface area contributed by atoms with E-state index in [-0.39, 0.29) is 16.5 Å². The fourth-order valence-corrected chi connectivity index (χ4v) is 3.83. The van der Waals surface area contributed by atoms with E-state index in [1.54, 1.807) is 48.5 Å². The summed E-state index contributed by atoms with van der Waals surface area (Å²) >= 11 is 0. The summed E-state index contributed by atoms with van der Waals surface area (Å²) in [6, 6.07) is 13.2. The summed E-state index contributed by atoms with van der Waals surface area (Å²) in [4.78, 5) is 16.5. The molecule has 7 nitrogen and oxygen atoms in total. The van der Waals surface area contributed by atoms with Gasteiger partial charge in [-0.25, -0.2) is 13.4 Å². The van der Waals surface area contributed by atoms with Crippen molar-refractivity contribution in [2.24, 2.45) is 5.92 Å². The lowest BCUT2D eigenvalue weighted by molar-refractivity contribution is 0.0947. The Kier molecular flexibility index (Phi) is 5.10. The summed E-state index contributed by atoms with van der Waals surface area (Å²) in [5.41, 5.74) is 2.28. The van der Waals surface area contributed by atoms with Gasteiger partial charge in [0, 0.05) is 17.8 Å². The molecule has 2 aromatic carbocycles. The van der Waals surface area contributed by atoms with Crippen LogP contribution in [0, 0.1) is 12.8 Å². The number of nitrogens with zero attached hydrogens (tertiary/aromatic N) is 1. The van der Waals surface area contributed by atoms with E-state index in [0.29, 0.717) is 29.6 Å². The zero-order valence-electron chi connectivity index (χ0n) is 15.9. The fourth-order valence-electron chi connectivity index (χ4n) is 2.77. The number of hydrogen-bond donors (Lipinski definition) is 2. The molecule has 1 saturated carbocycles. The Hall–Kier alpha value is -3.13. The van der Waals surface area contributed by atoms with Gasteiger partial charge < -0.3 is 9.73 Å². The van der Waals surface area contributed by atoms with Gasteiger partial charge in [0.25, 0.3) is 15.9 Å². The highest BCUT2D eigenvalue weighted by Crippen LogP contribution is 2.28. The van der Waals surface area contributed by atoms with Crippen LogP contribution in [0.3, 0.4) is 0 Å². The summed E-state index contributed by atoms with van der Waals surface area (Å²) in [5, 5.41) is 2.84. The quantitative estimate of drug-likeness (QED) is 0.619. The molecule has 0 saturated heterocycles. The SMILES string of the molecule is Cc1ccc(S(=O)(=O)Nc2ccc(-c3nc(C(=O)NCC4CC4)co3)cc2)cc1. The Labute approximate surface area is 169 Å². The molecule has 4 rings (SSSR count). The number of rotatable bonds is 7. The van der Waals surface area contributed by atoms with Crippen LogP contribution in [-0.2, 0) is 10.0 Å². The van der Waals surface area contributed by atoms with E-state index in [4.69, 9.17) is 4.42 Å². The van der Waals surface area contributed by atoms with Crippen LogP contribution in [0.25, 0.3) is 11.5 Å². The number of carbonyl (C=O) groups is 1. The zero-order chi connectivity index (χ0) is 20.4. The molecule has 3 aromatic rings. The lowest BCUT2D eigenvalue weighted by atomic mass is 10.2. The monoisotopic (exact) mass is 411 g/mol. The lowest BCUT2D eigenvalue weighted by Crippen LogP contribution is -2.25. The predicted octanol–water partition coefficient (Wildman–Crippen LogP) is 3.59. The van der Waals surface area contributed by atoms with E-state index in [1.165, 1.54) is 6.26 Å². The molecule has 8 heteroatoms. The number of aromatic nitrogens is 1. The molecule has 1 aromatic heterocycles. The standard InChI is InChI=1S/C21H21N3O4S/c1-14-2-10-18(11-3-14)29(26,27)24-17-8-6-16(7-9-17)21-23-19(13-28-21)20(25)22-12-15-4-5-15/h2-3,6-11,13,15,24H,4-5,12H2,1H3,(H,22,25). The predicted molar refractivity (Wildman–Crippen MR) is 109 cm³/mol. The van der Waals surface area contributed by atoms with Gasteiger partial charge in [-0.15, -0.1) is 0 Å². The molecule has 29 heavy (non-hydrogen) atoms. The number of oxazole rings is 1. The molecule has 1 fully saturated rings. The van der Waals surface area contributed by atoms with E-state index in [2.05, 4.69) is 15.0 Å². The Morgan fingerprint density at radius 1 is 1.10 bits per heavy atom. The minimum atomic E-state index is -3.67. The van der Waals surface area contributed by atoms with Gasteiger partial charge in [0.15, 0.2) is 5.69 Å². The Morgan fingerprint density at radius 3 is 2.45 bits per heavy atom. The van der Waals surface area contributed by atoms with Crippen molar-refractivity contribution in [2.75, 3.05) is 11.3 Å². The molecule has 0 atom stereocenters. The minimum absolute atomic E-state index is 0.196. The number of hydrogen-bond acceptors (Lipinski definition) is 5. The number of amides is 1. The average molecular weight is 411 g/mol. The van der Waals surface area contributed by atoms with E-state index in [1.807, 2.05) is 6.92 Å². The highest BCUT2D eigenvalue weighted by atomic mass is 32.2. The van der Waals surface area contributed by atoms with Crippen molar-refractivity contribution in [3.63, 3.8) is 0 Å². The molecule has 1 amide bonds. The largest absolute Gasteiger partial charge is 0.444 e. The van der Waals surface area contributed by atoms with Crippen LogP contribution in [-0.4, -0.2) is 25.9 Å². The van der Waals surface area contributed by atoms with E-state index in [9.17, 15) is 13.2 Å². The van der Waals surface area contributed by atoms with Crippen LogP contribution >= 0.6 is 0 Å². The molecule has 0 bridgehead atoms. The minimum Gasteiger partial charge on any atom is -0.444 e. The van der Waals surface area contributed by atoms with Crippen LogP contribution in [0.2, 0.25) is 0 Å². The first-order valence-electron chi connectivity index (χ1n) is 9.34. The molecule has 1 aliphatic rings. The zero-order valence-corrected chi connectivity index (χ0v) is 16.7. The van der Waals surface area contributed by atoms with Crippen LogP contribution in [0.1, 0.15) is 28.9 Å². The molecule has 0 radical (unpaired) electrons. The first kappa shape index (κ1) is 19.2. The summed E-state index contributed by atoms with van der Waals surface area (Å²) in [7, 11) is -3.67. The normalized spacial score (nSPS) is 13.8. The lowest BCUT2D eigenvalue weighted by Gasteiger charge is -2.08. The second-order valence-corrected chi connectivity index (χ2v) is 8.87. The summed E-state index contributed by atoms with van der Waals surface area (Å²) in [6.45, 7) is 2.56. The highest BCUT2D eigenvalue weighted by Gasteiger charge is 2.23. The maximum absolute atomic E-state index is 12.5. The first-order valence-corrected chi connectivity index (χ1v) is 10.8. The third-order valence-corrected chi connectivity index (χ3v) is 6.10. The molecule has 1 aliphatic carbocycles. The summed E-state index contributed by atoms with van der Waals surface area (Å²) in [6.07, 6.45) is 3.64. The molecule has 1 heterocycles. The summed E-state index contributed by atoms with van der Waals surface area (Å²) < 4.78 is 32.9. The van der Waals surface area contributed by atoms with E-state index < -0.39 is 10.0 Å². The van der Waals surface area contributed by atoms with Crippen molar-refractivity contribution in [3.05, 3.63) is 66.1 Å². The molecule has 0 unspecified atom stereocenters. The van der Waals surface area contributed by atoms with Gasteiger partial charge in [0.1, 0.15) is 6.26 Å². The average Bonchev–Trinajstić information content (AvgIpc) is 3.40. The van der Waals surface area contributed by atoms with Gasteiger partial charge in [-0.1, -0.05) is 17.7 Å².